The topological polar surface area (TPSA) is 89.3 Å². The SMILES string of the molecule is CSCCCCNS(=O)(=O)c1ccc([N+](=O)[O-])c(F)c1. The molecule has 0 fully saturated rings. The molecule has 0 bridgehead atoms. The molecular formula is C11H15FN2O4S2. The van der Waals surface area contributed by atoms with Gasteiger partial charge >= 0.3 is 5.69 Å². The third-order valence-corrected chi connectivity index (χ3v) is 4.65. The highest BCUT2D eigenvalue weighted by molar-refractivity contribution is 7.98. The Morgan fingerprint density at radius 1 is 1.40 bits per heavy atom. The summed E-state index contributed by atoms with van der Waals surface area (Å²) in [6.07, 6.45) is 3.51. The molecule has 6 nitrogen and oxygen atoms in total. The molecule has 0 saturated carbocycles. The van der Waals surface area contributed by atoms with E-state index in [9.17, 15) is 22.9 Å². The highest BCUT2D eigenvalue weighted by atomic mass is 32.2. The van der Waals surface area contributed by atoms with Gasteiger partial charge in [-0.15, -0.1) is 0 Å². The van der Waals surface area contributed by atoms with Crippen molar-refractivity contribution in [3.63, 3.8) is 0 Å². The van der Waals surface area contributed by atoms with E-state index in [0.29, 0.717) is 12.5 Å². The van der Waals surface area contributed by atoms with Gasteiger partial charge in [-0.2, -0.15) is 16.2 Å². The van der Waals surface area contributed by atoms with Crippen LogP contribution in [0.3, 0.4) is 0 Å². The number of benzene rings is 1. The van der Waals surface area contributed by atoms with E-state index < -0.39 is 26.5 Å². The third-order valence-electron chi connectivity index (χ3n) is 2.49. The number of hydrogen-bond donors (Lipinski definition) is 1. The largest absolute Gasteiger partial charge is 0.304 e. The van der Waals surface area contributed by atoms with Crippen LogP contribution in [0.15, 0.2) is 23.1 Å². The lowest BCUT2D eigenvalue weighted by molar-refractivity contribution is -0.387. The maximum atomic E-state index is 13.4. The van der Waals surface area contributed by atoms with Crippen molar-refractivity contribution in [3.05, 3.63) is 34.1 Å². The molecule has 112 valence electrons. The summed E-state index contributed by atoms with van der Waals surface area (Å²) in [5.41, 5.74) is -0.746. The fraction of sp³-hybridized carbons (Fsp3) is 0.455. The molecule has 1 aromatic carbocycles. The van der Waals surface area contributed by atoms with Crippen LogP contribution in [-0.4, -0.2) is 31.9 Å². The Bertz CT molecular complexity index is 578. The van der Waals surface area contributed by atoms with Crippen molar-refractivity contribution >= 4 is 27.5 Å². The van der Waals surface area contributed by atoms with Crippen molar-refractivity contribution in [3.8, 4) is 0 Å². The first kappa shape index (κ1) is 16.9. The Labute approximate surface area is 121 Å². The molecule has 0 spiro atoms. The van der Waals surface area contributed by atoms with Crippen LogP contribution in [0, 0.1) is 15.9 Å². The van der Waals surface area contributed by atoms with Crippen molar-refractivity contribution in [2.45, 2.75) is 17.7 Å². The van der Waals surface area contributed by atoms with Crippen LogP contribution in [0.2, 0.25) is 0 Å². The van der Waals surface area contributed by atoms with Gasteiger partial charge in [0, 0.05) is 18.7 Å². The Balaban J connectivity index is 2.73. The summed E-state index contributed by atoms with van der Waals surface area (Å²) in [6.45, 7) is 0.251. The second-order valence-electron chi connectivity index (χ2n) is 3.97. The maximum Gasteiger partial charge on any atom is 0.304 e. The molecule has 0 aliphatic heterocycles. The van der Waals surface area contributed by atoms with E-state index in [1.165, 1.54) is 0 Å². The van der Waals surface area contributed by atoms with E-state index in [-0.39, 0.29) is 11.4 Å². The zero-order valence-corrected chi connectivity index (χ0v) is 12.5. The van der Waals surface area contributed by atoms with Crippen molar-refractivity contribution in [1.29, 1.82) is 0 Å². The lowest BCUT2D eigenvalue weighted by atomic mass is 10.3. The minimum Gasteiger partial charge on any atom is -0.258 e. The van der Waals surface area contributed by atoms with E-state index in [2.05, 4.69) is 4.72 Å². The Hall–Kier alpha value is -1.19. The maximum absolute atomic E-state index is 13.4. The minimum atomic E-state index is -3.83. The number of sulfonamides is 1. The molecule has 0 amide bonds. The molecule has 0 radical (unpaired) electrons. The number of halogens is 1. The number of nitrogens with one attached hydrogen (secondary N) is 1. The quantitative estimate of drug-likeness (QED) is 0.450. The molecular weight excluding hydrogens is 307 g/mol. The predicted molar refractivity (Wildman–Crippen MR) is 75.9 cm³/mol. The predicted octanol–water partition coefficient (Wildman–Crippen LogP) is 2.16. The van der Waals surface area contributed by atoms with Crippen LogP contribution < -0.4 is 4.72 Å². The molecule has 0 heterocycles. The summed E-state index contributed by atoms with van der Waals surface area (Å²) >= 11 is 1.67. The summed E-state index contributed by atoms with van der Waals surface area (Å²) in [4.78, 5) is 9.24. The minimum absolute atomic E-state index is 0.251. The molecule has 0 aliphatic carbocycles. The van der Waals surface area contributed by atoms with Gasteiger partial charge in [0.05, 0.1) is 9.82 Å². The van der Waals surface area contributed by atoms with Crippen LogP contribution >= 0.6 is 11.8 Å². The van der Waals surface area contributed by atoms with Gasteiger partial charge in [-0.3, -0.25) is 10.1 Å². The van der Waals surface area contributed by atoms with E-state index in [4.69, 9.17) is 0 Å². The highest BCUT2D eigenvalue weighted by Gasteiger charge is 2.20. The first-order valence-electron chi connectivity index (χ1n) is 5.81. The normalized spacial score (nSPS) is 11.5. The molecule has 1 aromatic rings. The van der Waals surface area contributed by atoms with E-state index in [1.54, 1.807) is 11.8 Å². The first-order chi connectivity index (χ1) is 9.38. The van der Waals surface area contributed by atoms with Crippen molar-refractivity contribution < 1.29 is 17.7 Å². The first-order valence-corrected chi connectivity index (χ1v) is 8.68. The summed E-state index contributed by atoms with van der Waals surface area (Å²) < 4.78 is 39.4. The fourth-order valence-electron chi connectivity index (χ4n) is 1.46. The zero-order chi connectivity index (χ0) is 15.2. The van der Waals surface area contributed by atoms with Crippen molar-refractivity contribution in [2.75, 3.05) is 18.6 Å². The van der Waals surface area contributed by atoms with Crippen LogP contribution in [0.1, 0.15) is 12.8 Å². The number of rotatable bonds is 8. The van der Waals surface area contributed by atoms with Crippen LogP contribution in [-0.2, 0) is 10.0 Å². The summed E-state index contributed by atoms with van der Waals surface area (Å²) in [5, 5.41) is 10.5. The summed E-state index contributed by atoms with van der Waals surface area (Å²) in [7, 11) is -3.83. The van der Waals surface area contributed by atoms with Crippen molar-refractivity contribution in [2.24, 2.45) is 0 Å². The molecule has 0 aromatic heterocycles. The molecule has 0 aliphatic rings. The average molecular weight is 322 g/mol. The van der Waals surface area contributed by atoms with Gasteiger partial charge in [-0.1, -0.05) is 0 Å². The fourth-order valence-corrected chi connectivity index (χ4v) is 3.04. The van der Waals surface area contributed by atoms with Gasteiger partial charge in [0.1, 0.15) is 0 Å². The van der Waals surface area contributed by atoms with Gasteiger partial charge in [0.2, 0.25) is 15.8 Å². The number of nitrogens with zero attached hydrogens (tertiary/aromatic N) is 1. The van der Waals surface area contributed by atoms with Gasteiger partial charge in [0.25, 0.3) is 0 Å². The summed E-state index contributed by atoms with van der Waals surface area (Å²) in [5.74, 6) is -0.228. The van der Waals surface area contributed by atoms with Crippen molar-refractivity contribution in [1.82, 2.24) is 4.72 Å². The van der Waals surface area contributed by atoms with Gasteiger partial charge < -0.3 is 0 Å². The Morgan fingerprint density at radius 3 is 2.65 bits per heavy atom. The zero-order valence-electron chi connectivity index (χ0n) is 10.8. The number of nitro groups is 1. The molecule has 1 rings (SSSR count). The second-order valence-corrected chi connectivity index (χ2v) is 6.72. The van der Waals surface area contributed by atoms with Crippen LogP contribution in [0.25, 0.3) is 0 Å². The Morgan fingerprint density at radius 2 is 2.10 bits per heavy atom. The highest BCUT2D eigenvalue weighted by Crippen LogP contribution is 2.20. The number of thioether (sulfide) groups is 1. The smallest absolute Gasteiger partial charge is 0.258 e. The Kier molecular flexibility index (Phi) is 6.37. The molecule has 0 saturated heterocycles. The molecule has 20 heavy (non-hydrogen) atoms. The standard InChI is InChI=1S/C11H15FN2O4S2/c1-19-7-3-2-6-13-20(17,18)9-4-5-11(14(15)16)10(12)8-9/h4-5,8,13H,2-3,6-7H2,1H3. The van der Waals surface area contributed by atoms with E-state index >= 15 is 0 Å². The third kappa shape index (κ3) is 4.73. The second kappa shape index (κ2) is 7.55. The average Bonchev–Trinajstić information content (AvgIpc) is 2.37. The molecule has 1 N–H and O–H groups in total. The van der Waals surface area contributed by atoms with E-state index in [1.807, 2.05) is 6.26 Å². The molecule has 0 atom stereocenters. The molecule has 9 heteroatoms. The van der Waals surface area contributed by atoms with Crippen LogP contribution in [0.4, 0.5) is 10.1 Å². The number of nitro benzene ring substituents is 1. The summed E-state index contributed by atoms with van der Waals surface area (Å²) in [6, 6.07) is 2.52. The van der Waals surface area contributed by atoms with Crippen LogP contribution in [0.5, 0.6) is 0 Å². The number of hydrogen-bond acceptors (Lipinski definition) is 5. The lowest BCUT2D eigenvalue weighted by Gasteiger charge is -2.06. The van der Waals surface area contributed by atoms with E-state index in [0.717, 1.165) is 24.3 Å². The van der Waals surface area contributed by atoms with Gasteiger partial charge in [-0.25, -0.2) is 13.1 Å². The number of unbranched alkanes of at least 4 members (excludes halogenated alkanes) is 1. The van der Waals surface area contributed by atoms with Gasteiger partial charge in [0.15, 0.2) is 0 Å². The van der Waals surface area contributed by atoms with Gasteiger partial charge in [-0.05, 0) is 30.9 Å². The lowest BCUT2D eigenvalue weighted by Crippen LogP contribution is -2.25. The monoisotopic (exact) mass is 322 g/mol. The molecule has 0 unspecified atom stereocenters.